The van der Waals surface area contributed by atoms with Gasteiger partial charge in [-0.15, -0.1) is 10.2 Å². The smallest absolute Gasteiger partial charge is 0.303 e. The predicted octanol–water partition coefficient (Wildman–Crippen LogP) is 1.93. The summed E-state index contributed by atoms with van der Waals surface area (Å²) in [7, 11) is 0. The van der Waals surface area contributed by atoms with Gasteiger partial charge in [-0.2, -0.15) is 0 Å². The summed E-state index contributed by atoms with van der Waals surface area (Å²) in [6.45, 7) is 9.18. The molecule has 218 valence electrons. The number of amides is 1. The molecular weight excluding hydrogens is 544 g/mol. The number of carbonyl (C=O) groups excluding carboxylic acids is 4. The zero-order chi connectivity index (χ0) is 29.4. The molecule has 1 aromatic heterocycles. The molecule has 0 bridgehead atoms. The second-order valence-electron chi connectivity index (χ2n) is 9.08. The molecule has 13 nitrogen and oxygen atoms in total. The molecule has 1 saturated heterocycles. The van der Waals surface area contributed by atoms with E-state index in [1.165, 1.54) is 27.7 Å². The number of nitrogens with zero attached hydrogens (tertiary/aromatic N) is 3. The summed E-state index contributed by atoms with van der Waals surface area (Å²) in [6, 6.07) is 6.66. The largest absolute Gasteiger partial charge is 0.486 e. The first-order valence-electron chi connectivity index (χ1n) is 12.7. The fourth-order valence-electron chi connectivity index (χ4n) is 4.11. The molecule has 1 aromatic carbocycles. The maximum Gasteiger partial charge on any atom is 0.303 e. The van der Waals surface area contributed by atoms with Gasteiger partial charge in [-0.25, -0.2) is 0 Å². The normalized spacial score (nSPS) is 22.2. The summed E-state index contributed by atoms with van der Waals surface area (Å²) in [6.07, 6.45) is -3.33. The van der Waals surface area contributed by atoms with Crippen molar-refractivity contribution in [3.05, 3.63) is 35.7 Å². The van der Waals surface area contributed by atoms with Gasteiger partial charge in [0.05, 0.1) is 0 Å². The third-order valence-corrected chi connectivity index (χ3v) is 6.94. The molecule has 1 N–H and O–H groups in total. The van der Waals surface area contributed by atoms with Gasteiger partial charge in [0.1, 0.15) is 36.5 Å². The monoisotopic (exact) mass is 578 g/mol. The molecule has 1 aliphatic heterocycles. The topological polar surface area (TPSA) is 157 Å². The van der Waals surface area contributed by atoms with Crippen LogP contribution in [0.3, 0.4) is 0 Å². The lowest BCUT2D eigenvalue weighted by molar-refractivity contribution is -0.211. The minimum atomic E-state index is -1.17. The van der Waals surface area contributed by atoms with Gasteiger partial charge in [0.15, 0.2) is 23.2 Å². The Morgan fingerprint density at radius 3 is 2.20 bits per heavy atom. The lowest BCUT2D eigenvalue weighted by Gasteiger charge is -2.44. The predicted molar refractivity (Wildman–Crippen MR) is 141 cm³/mol. The molecule has 5 atom stereocenters. The van der Waals surface area contributed by atoms with E-state index in [2.05, 4.69) is 15.5 Å². The molecule has 1 amide bonds. The molecule has 1 aliphatic rings. The Morgan fingerprint density at radius 1 is 0.975 bits per heavy atom. The lowest BCUT2D eigenvalue weighted by Crippen LogP contribution is -2.65. The molecule has 1 fully saturated rings. The number of ether oxygens (including phenoxy) is 5. The molecule has 0 saturated carbocycles. The van der Waals surface area contributed by atoms with Crippen molar-refractivity contribution >= 4 is 35.6 Å². The van der Waals surface area contributed by atoms with Gasteiger partial charge in [0.2, 0.25) is 5.91 Å². The van der Waals surface area contributed by atoms with E-state index < -0.39 is 53.6 Å². The van der Waals surface area contributed by atoms with Crippen molar-refractivity contribution in [3.8, 4) is 5.75 Å². The summed E-state index contributed by atoms with van der Waals surface area (Å²) in [4.78, 5) is 47.8. The fourth-order valence-corrected chi connectivity index (χ4v) is 5.33. The molecule has 14 heteroatoms. The van der Waals surface area contributed by atoms with Crippen molar-refractivity contribution in [2.45, 2.75) is 89.6 Å². The Morgan fingerprint density at radius 2 is 1.62 bits per heavy atom. The van der Waals surface area contributed by atoms with Gasteiger partial charge in [-0.3, -0.25) is 19.2 Å². The number of hydrogen-bond acceptors (Lipinski definition) is 12. The van der Waals surface area contributed by atoms with Crippen LogP contribution in [0.15, 0.2) is 29.4 Å². The molecule has 2 aromatic rings. The standard InChI is InChI=1S/C26H34N4O9S/c1-7-30-21(13-36-19-10-8-14(2)9-11-19)28-29-26(30)40-25-22(27-15(3)31)24(38-18(6)34)23(37-17(5)33)20(39-25)12-35-16(4)32/h8-11,20,22-25H,7,12-13H2,1-6H3,(H,27,31)/t20-,22-,23+,24+,25+/m1/s1. The van der Waals surface area contributed by atoms with Crippen LogP contribution >= 0.6 is 11.8 Å². The van der Waals surface area contributed by atoms with Crippen LogP contribution in [0.4, 0.5) is 0 Å². The summed E-state index contributed by atoms with van der Waals surface area (Å²) in [5, 5.41) is 11.8. The highest BCUT2D eigenvalue weighted by Gasteiger charge is 2.51. The third-order valence-electron chi connectivity index (χ3n) is 5.79. The zero-order valence-electron chi connectivity index (χ0n) is 23.2. The molecule has 0 spiro atoms. The van der Waals surface area contributed by atoms with Crippen molar-refractivity contribution in [1.29, 1.82) is 0 Å². The lowest BCUT2D eigenvalue weighted by atomic mass is 9.97. The number of esters is 3. The molecule has 0 aliphatic carbocycles. The SMILES string of the molecule is CCn1c(COc2ccc(C)cc2)nnc1S[C@@H]1O[C@H](COC(C)=O)[C@H](OC(C)=O)[C@@H](OC(C)=O)[C@H]1NC(C)=O. The number of rotatable bonds is 11. The van der Waals surface area contributed by atoms with Crippen LogP contribution in [0.1, 0.15) is 46.0 Å². The summed E-state index contributed by atoms with van der Waals surface area (Å²) in [5.41, 5.74) is 0.208. The van der Waals surface area contributed by atoms with Crippen LogP contribution in [0.2, 0.25) is 0 Å². The molecule has 3 rings (SSSR count). The molecular formula is C26H34N4O9S. The Hall–Kier alpha value is -3.65. The van der Waals surface area contributed by atoms with Crippen LogP contribution in [0, 0.1) is 6.92 Å². The first-order valence-corrected chi connectivity index (χ1v) is 13.5. The Kier molecular flexibility index (Phi) is 10.9. The van der Waals surface area contributed by atoms with E-state index in [0.717, 1.165) is 17.3 Å². The van der Waals surface area contributed by atoms with Crippen molar-refractivity contribution < 1.29 is 42.9 Å². The number of aromatic nitrogens is 3. The highest BCUT2D eigenvalue weighted by molar-refractivity contribution is 7.99. The number of hydrogen-bond donors (Lipinski definition) is 1. The van der Waals surface area contributed by atoms with E-state index in [0.29, 0.717) is 23.3 Å². The quantitative estimate of drug-likeness (QED) is 0.306. The highest BCUT2D eigenvalue weighted by Crippen LogP contribution is 2.36. The van der Waals surface area contributed by atoms with E-state index in [1.54, 1.807) is 0 Å². The second kappa shape index (κ2) is 14.1. The molecule has 0 unspecified atom stereocenters. The maximum absolute atomic E-state index is 12.2. The number of aryl methyl sites for hydroxylation is 1. The second-order valence-corrected chi connectivity index (χ2v) is 10.1. The number of nitrogens with one attached hydrogen (secondary N) is 1. The van der Waals surface area contributed by atoms with E-state index in [-0.39, 0.29) is 13.2 Å². The van der Waals surface area contributed by atoms with Crippen LogP contribution in [0.25, 0.3) is 0 Å². The van der Waals surface area contributed by atoms with Crippen molar-refractivity contribution in [2.24, 2.45) is 0 Å². The number of benzene rings is 1. The van der Waals surface area contributed by atoms with Gasteiger partial charge in [-0.05, 0) is 26.0 Å². The van der Waals surface area contributed by atoms with E-state index in [9.17, 15) is 19.2 Å². The number of thioether (sulfide) groups is 1. The highest BCUT2D eigenvalue weighted by atomic mass is 32.2. The third kappa shape index (κ3) is 8.42. The summed E-state index contributed by atoms with van der Waals surface area (Å²) < 4.78 is 30.1. The van der Waals surface area contributed by atoms with Gasteiger partial charge < -0.3 is 33.6 Å². The number of carbonyl (C=O) groups is 4. The van der Waals surface area contributed by atoms with E-state index in [4.69, 9.17) is 23.7 Å². The Balaban J connectivity index is 1.92. The first-order chi connectivity index (χ1) is 19.0. The van der Waals surface area contributed by atoms with Crippen molar-refractivity contribution in [2.75, 3.05) is 6.61 Å². The Labute approximate surface area is 236 Å². The molecule has 2 heterocycles. The summed E-state index contributed by atoms with van der Waals surface area (Å²) >= 11 is 1.12. The molecule has 0 radical (unpaired) electrons. The van der Waals surface area contributed by atoms with Gasteiger partial charge in [-0.1, -0.05) is 29.5 Å². The average molecular weight is 579 g/mol. The van der Waals surface area contributed by atoms with Gasteiger partial charge in [0, 0.05) is 34.2 Å². The van der Waals surface area contributed by atoms with E-state index >= 15 is 0 Å². The van der Waals surface area contributed by atoms with Crippen molar-refractivity contribution in [3.63, 3.8) is 0 Å². The first kappa shape index (κ1) is 30.9. The Bertz CT molecular complexity index is 1200. The average Bonchev–Trinajstić information content (AvgIpc) is 3.26. The van der Waals surface area contributed by atoms with Crippen molar-refractivity contribution in [1.82, 2.24) is 20.1 Å². The van der Waals surface area contributed by atoms with Gasteiger partial charge >= 0.3 is 17.9 Å². The fraction of sp³-hybridized carbons (Fsp3) is 0.538. The summed E-state index contributed by atoms with van der Waals surface area (Å²) in [5.74, 6) is -1.10. The van der Waals surface area contributed by atoms with Crippen LogP contribution in [-0.4, -0.2) is 75.0 Å². The van der Waals surface area contributed by atoms with Crippen LogP contribution in [-0.2, 0) is 51.3 Å². The zero-order valence-corrected chi connectivity index (χ0v) is 24.1. The van der Waals surface area contributed by atoms with Gasteiger partial charge in [0.25, 0.3) is 0 Å². The molecule has 40 heavy (non-hydrogen) atoms. The maximum atomic E-state index is 12.2. The van der Waals surface area contributed by atoms with Crippen LogP contribution < -0.4 is 10.1 Å². The minimum Gasteiger partial charge on any atom is -0.486 e. The minimum absolute atomic E-state index is 0.158. The van der Waals surface area contributed by atoms with Crippen LogP contribution in [0.5, 0.6) is 5.75 Å². The van der Waals surface area contributed by atoms with E-state index in [1.807, 2.05) is 42.7 Å².